The quantitative estimate of drug-likeness (QED) is 0.240. The molecule has 0 unspecified atom stereocenters. The van der Waals surface area contributed by atoms with Gasteiger partial charge in [0.05, 0.1) is 0 Å². The van der Waals surface area contributed by atoms with Crippen molar-refractivity contribution in [1.82, 2.24) is 0 Å². The lowest BCUT2D eigenvalue weighted by atomic mass is 9.62. The molecule has 2 heteroatoms. The summed E-state index contributed by atoms with van der Waals surface area (Å²) in [7, 11) is 0. The molecular weight excluding hydrogens is 464 g/mol. The number of fused-ring (bicyclic) bond motifs is 1. The van der Waals surface area contributed by atoms with Crippen LogP contribution in [0.4, 0.5) is 0 Å². The average molecular weight is 503 g/mol. The van der Waals surface area contributed by atoms with Gasteiger partial charge in [0, 0.05) is 23.1 Å². The van der Waals surface area contributed by atoms with Crippen LogP contribution < -0.4 is 0 Å². The number of hydrogen-bond acceptors (Lipinski definition) is 2. The first-order valence-electron chi connectivity index (χ1n) is 14.5. The monoisotopic (exact) mass is 502 g/mol. The molecular formula is C36H38O2. The average Bonchev–Trinajstić information content (AvgIpc) is 3.37. The van der Waals surface area contributed by atoms with Gasteiger partial charge < -0.3 is 4.42 Å². The molecule has 0 saturated heterocycles. The van der Waals surface area contributed by atoms with Crippen molar-refractivity contribution in [2.75, 3.05) is 0 Å². The van der Waals surface area contributed by atoms with Crippen LogP contribution in [0.15, 0.2) is 107 Å². The number of furan rings is 1. The van der Waals surface area contributed by atoms with Crippen molar-refractivity contribution < 1.29 is 9.21 Å². The highest BCUT2D eigenvalue weighted by Crippen LogP contribution is 2.48. The second-order valence-electron chi connectivity index (χ2n) is 11.6. The predicted octanol–water partition coefficient (Wildman–Crippen LogP) is 9.44. The van der Waals surface area contributed by atoms with Crippen LogP contribution in [-0.4, -0.2) is 5.78 Å². The maximum Gasteiger partial charge on any atom is 0.161 e. The van der Waals surface area contributed by atoms with Gasteiger partial charge in [-0.25, -0.2) is 0 Å². The molecule has 1 aromatic heterocycles. The van der Waals surface area contributed by atoms with Crippen LogP contribution >= 0.6 is 0 Å². The van der Waals surface area contributed by atoms with Gasteiger partial charge in [-0.15, -0.1) is 0 Å². The van der Waals surface area contributed by atoms with Gasteiger partial charge in [-0.1, -0.05) is 97.3 Å². The Labute approximate surface area is 226 Å². The molecule has 1 fully saturated rings. The molecule has 1 saturated carbocycles. The van der Waals surface area contributed by atoms with Crippen LogP contribution in [-0.2, 0) is 11.2 Å². The number of hydrogen-bond donors (Lipinski definition) is 0. The highest BCUT2D eigenvalue weighted by Gasteiger charge is 2.42. The zero-order chi connectivity index (χ0) is 25.8. The lowest BCUT2D eigenvalue weighted by molar-refractivity contribution is -0.127. The van der Waals surface area contributed by atoms with Gasteiger partial charge in [-0.05, 0) is 80.2 Å². The molecule has 3 aromatic carbocycles. The van der Waals surface area contributed by atoms with Crippen LogP contribution in [0.3, 0.4) is 0 Å². The van der Waals surface area contributed by atoms with Crippen molar-refractivity contribution in [2.24, 2.45) is 11.3 Å². The number of benzene rings is 3. The summed E-state index contributed by atoms with van der Waals surface area (Å²) in [4.78, 5) is 13.4. The molecule has 2 aliphatic carbocycles. The van der Waals surface area contributed by atoms with Gasteiger partial charge in [0.25, 0.3) is 0 Å². The van der Waals surface area contributed by atoms with Crippen molar-refractivity contribution in [3.8, 4) is 0 Å². The van der Waals surface area contributed by atoms with Gasteiger partial charge in [-0.3, -0.25) is 4.79 Å². The van der Waals surface area contributed by atoms with E-state index in [1.165, 1.54) is 48.8 Å². The fraction of sp³-hybridized carbons (Fsp3) is 0.361. The smallest absolute Gasteiger partial charge is 0.161 e. The summed E-state index contributed by atoms with van der Waals surface area (Å²) in [5.74, 6) is 2.56. The van der Waals surface area contributed by atoms with Crippen molar-refractivity contribution in [3.63, 3.8) is 0 Å². The van der Waals surface area contributed by atoms with E-state index in [0.717, 1.165) is 54.8 Å². The molecule has 0 atom stereocenters. The fourth-order valence-corrected chi connectivity index (χ4v) is 6.94. The fourth-order valence-electron chi connectivity index (χ4n) is 6.94. The summed E-state index contributed by atoms with van der Waals surface area (Å²) in [6.07, 6.45) is 13.0. The SMILES string of the molecule is O=C1C=C(Cc2cc3ccccc3o2)CCC12CCC(CCCC(c1ccccc1)c1ccccc1)CC2. The first-order valence-corrected chi connectivity index (χ1v) is 14.5. The molecule has 1 spiro atoms. The Balaban J connectivity index is 1.02. The van der Waals surface area contributed by atoms with E-state index in [-0.39, 0.29) is 5.41 Å². The van der Waals surface area contributed by atoms with Gasteiger partial charge in [0.15, 0.2) is 5.78 Å². The van der Waals surface area contributed by atoms with Crippen molar-refractivity contribution in [1.29, 1.82) is 0 Å². The maximum absolute atomic E-state index is 13.4. The minimum Gasteiger partial charge on any atom is -0.461 e. The number of para-hydroxylation sites is 1. The number of rotatable bonds is 8. The van der Waals surface area contributed by atoms with E-state index in [2.05, 4.69) is 72.8 Å². The molecule has 2 nitrogen and oxygen atoms in total. The Bertz CT molecular complexity index is 1310. The summed E-state index contributed by atoms with van der Waals surface area (Å²) >= 11 is 0. The lowest BCUT2D eigenvalue weighted by Gasteiger charge is -2.41. The van der Waals surface area contributed by atoms with Gasteiger partial charge in [-0.2, -0.15) is 0 Å². The van der Waals surface area contributed by atoms with E-state index < -0.39 is 0 Å². The summed E-state index contributed by atoms with van der Waals surface area (Å²) in [6.45, 7) is 0. The van der Waals surface area contributed by atoms with Crippen LogP contribution in [0.5, 0.6) is 0 Å². The number of carbonyl (C=O) groups excluding carboxylic acids is 1. The summed E-state index contributed by atoms with van der Waals surface area (Å²) in [5, 5.41) is 1.14. The van der Waals surface area contributed by atoms with Crippen molar-refractivity contribution >= 4 is 16.8 Å². The van der Waals surface area contributed by atoms with Crippen LogP contribution in [0.2, 0.25) is 0 Å². The van der Waals surface area contributed by atoms with E-state index >= 15 is 0 Å². The number of ketones is 1. The van der Waals surface area contributed by atoms with E-state index in [1.54, 1.807) is 0 Å². The summed E-state index contributed by atoms with van der Waals surface area (Å²) in [5.41, 5.74) is 4.89. The molecule has 2 aliphatic rings. The molecule has 0 bridgehead atoms. The summed E-state index contributed by atoms with van der Waals surface area (Å²) in [6, 6.07) is 32.2. The first-order chi connectivity index (χ1) is 18.7. The number of allylic oxidation sites excluding steroid dienone is 2. The standard InChI is InChI=1S/C36H38O2/c37-35-25-28(24-32-26-31-15-7-8-17-34(31)38-32)20-23-36(35)21-18-27(19-22-36)10-9-16-33(29-11-3-1-4-12-29)30-13-5-2-6-14-30/h1-8,11-15,17,25-27,33H,9-10,16,18-24H2. The van der Waals surface area contributed by atoms with Crippen LogP contribution in [0.25, 0.3) is 11.0 Å². The topological polar surface area (TPSA) is 30.2 Å². The molecule has 194 valence electrons. The van der Waals surface area contributed by atoms with Crippen LogP contribution in [0.1, 0.15) is 80.6 Å². The summed E-state index contributed by atoms with van der Waals surface area (Å²) < 4.78 is 6.02. The minimum atomic E-state index is -0.107. The van der Waals surface area contributed by atoms with Gasteiger partial charge >= 0.3 is 0 Å². The zero-order valence-corrected chi connectivity index (χ0v) is 22.3. The third-order valence-corrected chi connectivity index (χ3v) is 9.23. The Kier molecular flexibility index (Phi) is 7.31. The normalized spacial score (nSPS) is 21.8. The molecule has 0 aliphatic heterocycles. The maximum atomic E-state index is 13.4. The second kappa shape index (κ2) is 11.2. The Morgan fingerprint density at radius 1 is 0.816 bits per heavy atom. The third kappa shape index (κ3) is 5.41. The predicted molar refractivity (Wildman–Crippen MR) is 155 cm³/mol. The third-order valence-electron chi connectivity index (χ3n) is 9.23. The van der Waals surface area contributed by atoms with Gasteiger partial charge in [0.2, 0.25) is 0 Å². The van der Waals surface area contributed by atoms with E-state index in [1.807, 2.05) is 24.3 Å². The van der Waals surface area contributed by atoms with E-state index in [4.69, 9.17) is 4.42 Å². The molecule has 38 heavy (non-hydrogen) atoms. The largest absolute Gasteiger partial charge is 0.461 e. The molecule has 0 radical (unpaired) electrons. The molecule has 6 rings (SSSR count). The Morgan fingerprint density at radius 3 is 2.13 bits per heavy atom. The molecule has 1 heterocycles. The molecule has 0 amide bonds. The highest BCUT2D eigenvalue weighted by atomic mass is 16.3. The Morgan fingerprint density at radius 2 is 1.47 bits per heavy atom. The minimum absolute atomic E-state index is 0.107. The van der Waals surface area contributed by atoms with Crippen molar-refractivity contribution in [2.45, 2.75) is 70.1 Å². The molecule has 0 N–H and O–H groups in total. The van der Waals surface area contributed by atoms with E-state index in [0.29, 0.717) is 11.7 Å². The van der Waals surface area contributed by atoms with E-state index in [9.17, 15) is 4.79 Å². The highest BCUT2D eigenvalue weighted by molar-refractivity contribution is 5.96. The Hall–Kier alpha value is -3.39. The lowest BCUT2D eigenvalue weighted by Crippen LogP contribution is -2.37. The zero-order valence-electron chi connectivity index (χ0n) is 22.3. The van der Waals surface area contributed by atoms with Crippen LogP contribution in [0, 0.1) is 11.3 Å². The molecule has 4 aromatic rings. The first kappa shape index (κ1) is 24.9. The van der Waals surface area contributed by atoms with Gasteiger partial charge in [0.1, 0.15) is 11.3 Å². The number of carbonyl (C=O) groups is 1. The van der Waals surface area contributed by atoms with Crippen molar-refractivity contribution in [3.05, 3.63) is 120 Å². The second-order valence-corrected chi connectivity index (χ2v) is 11.6.